The third-order valence-electron chi connectivity index (χ3n) is 13.4. The van der Waals surface area contributed by atoms with Gasteiger partial charge in [-0.05, 0) is 136 Å². The average molecular weight is 559 g/mol. The molecule has 0 spiro atoms. The predicted octanol–water partition coefficient (Wildman–Crippen LogP) is 9.57. The van der Waals surface area contributed by atoms with Gasteiger partial charge in [0.1, 0.15) is 0 Å². The molecule has 0 aromatic rings. The van der Waals surface area contributed by atoms with Gasteiger partial charge >= 0.3 is 0 Å². The molecule has 1 aliphatic heterocycles. The zero-order chi connectivity index (χ0) is 28.1. The predicted molar refractivity (Wildman–Crippen MR) is 165 cm³/mol. The lowest BCUT2D eigenvalue weighted by atomic mass is 9.47. The van der Waals surface area contributed by atoms with Crippen molar-refractivity contribution in [3.8, 4) is 0 Å². The van der Waals surface area contributed by atoms with Gasteiger partial charge in [0.05, 0.1) is 12.2 Å². The molecular weight excluding hydrogens is 496 g/mol. The molecule has 0 aromatic carbocycles. The molecule has 3 saturated carbocycles. The van der Waals surface area contributed by atoms with Crippen LogP contribution in [0.5, 0.6) is 0 Å². The Labute approximate surface area is 242 Å². The van der Waals surface area contributed by atoms with Gasteiger partial charge in [-0.1, -0.05) is 53.2 Å². The van der Waals surface area contributed by atoms with Crippen LogP contribution in [0.15, 0.2) is 11.6 Å². The van der Waals surface area contributed by atoms with Crippen LogP contribution in [0.4, 0.5) is 0 Å². The summed E-state index contributed by atoms with van der Waals surface area (Å²) in [5.74, 6) is 4.45. The van der Waals surface area contributed by atoms with Crippen LogP contribution >= 0.6 is 0 Å². The molecule has 39 heavy (non-hydrogen) atoms. The summed E-state index contributed by atoms with van der Waals surface area (Å²) < 4.78 is 18.7. The number of hydrogen-bond acceptors (Lipinski definition) is 3. The molecule has 4 fully saturated rings. The van der Waals surface area contributed by atoms with E-state index in [4.69, 9.17) is 13.9 Å². The Bertz CT molecular complexity index is 870. The van der Waals surface area contributed by atoms with Crippen LogP contribution in [-0.2, 0) is 13.9 Å². The summed E-state index contributed by atoms with van der Waals surface area (Å²) in [7, 11) is -1.63. The molecular formula is C35H62O3Si. The van der Waals surface area contributed by atoms with E-state index < -0.39 is 8.32 Å². The molecule has 4 aliphatic carbocycles. The molecule has 1 saturated heterocycles. The van der Waals surface area contributed by atoms with Crippen molar-refractivity contribution in [2.24, 2.45) is 40.4 Å². The first-order valence-electron chi connectivity index (χ1n) is 16.9. The fourth-order valence-electron chi connectivity index (χ4n) is 9.95. The first-order valence-corrected chi connectivity index (χ1v) is 19.8. The zero-order valence-electron chi connectivity index (χ0n) is 27.0. The van der Waals surface area contributed by atoms with Crippen LogP contribution < -0.4 is 0 Å². The Hall–Kier alpha value is -0.163. The summed E-state index contributed by atoms with van der Waals surface area (Å²) in [6, 6.07) is 0. The van der Waals surface area contributed by atoms with Gasteiger partial charge < -0.3 is 13.9 Å². The molecule has 0 radical (unpaired) electrons. The smallest absolute Gasteiger partial charge is 0.191 e. The Morgan fingerprint density at radius 1 is 0.974 bits per heavy atom. The molecule has 1 heterocycles. The van der Waals surface area contributed by atoms with E-state index in [9.17, 15) is 0 Å². The van der Waals surface area contributed by atoms with Crippen molar-refractivity contribution in [2.75, 3.05) is 19.8 Å². The normalized spacial score (nSPS) is 40.4. The van der Waals surface area contributed by atoms with Crippen LogP contribution in [0.1, 0.15) is 119 Å². The monoisotopic (exact) mass is 558 g/mol. The van der Waals surface area contributed by atoms with Crippen molar-refractivity contribution in [3.63, 3.8) is 0 Å². The van der Waals surface area contributed by atoms with Crippen LogP contribution in [-0.4, -0.2) is 40.3 Å². The van der Waals surface area contributed by atoms with Gasteiger partial charge in [-0.3, -0.25) is 0 Å². The summed E-state index contributed by atoms with van der Waals surface area (Å²) >= 11 is 0. The molecule has 5 rings (SSSR count). The molecule has 3 nitrogen and oxygen atoms in total. The largest absolute Gasteiger partial charge is 0.417 e. The summed E-state index contributed by atoms with van der Waals surface area (Å²) in [4.78, 5) is 0. The zero-order valence-corrected chi connectivity index (χ0v) is 28.0. The second kappa shape index (κ2) is 11.5. The van der Waals surface area contributed by atoms with Crippen molar-refractivity contribution in [1.82, 2.24) is 0 Å². The van der Waals surface area contributed by atoms with Crippen LogP contribution in [0.25, 0.3) is 0 Å². The van der Waals surface area contributed by atoms with E-state index in [1.165, 1.54) is 64.2 Å². The number of ether oxygens (including phenoxy) is 2. The number of hydrogen-bond donors (Lipinski definition) is 0. The van der Waals surface area contributed by atoms with Gasteiger partial charge in [0, 0.05) is 19.8 Å². The molecule has 0 N–H and O–H groups in total. The summed E-state index contributed by atoms with van der Waals surface area (Å²) in [5.41, 5.74) is 2.73. The second-order valence-corrected chi connectivity index (χ2v) is 21.3. The summed E-state index contributed by atoms with van der Waals surface area (Å²) in [6.07, 6.45) is 19.3. The van der Waals surface area contributed by atoms with Gasteiger partial charge in [-0.25, -0.2) is 0 Å². The maximum atomic E-state index is 6.64. The standard InChI is InChI=1S/C35H62O3Si/c1-25(10-9-21-37-39(7,8)33(2,3)4)30-13-14-31-29-12-11-26-24-28(38-27-17-22-36-23-18-27)15-19-34(26,5)32(29)16-20-35(30,31)6/h11,25,27-32H,9-10,12-24H2,1-8H3/t25-,28?,29+,30-,31+,32+,34+,35-/m1/s1. The van der Waals surface area contributed by atoms with E-state index in [0.717, 1.165) is 62.3 Å². The van der Waals surface area contributed by atoms with E-state index >= 15 is 0 Å². The minimum absolute atomic E-state index is 0.311. The van der Waals surface area contributed by atoms with Gasteiger partial charge in [-0.15, -0.1) is 0 Å². The summed E-state index contributed by atoms with van der Waals surface area (Å²) in [5, 5.41) is 0.311. The van der Waals surface area contributed by atoms with E-state index in [0.29, 0.717) is 28.1 Å². The average Bonchev–Trinajstić information content (AvgIpc) is 3.24. The fourth-order valence-corrected chi connectivity index (χ4v) is 11.0. The fraction of sp³-hybridized carbons (Fsp3) is 0.943. The van der Waals surface area contributed by atoms with Gasteiger partial charge in [-0.2, -0.15) is 0 Å². The Balaban J connectivity index is 1.18. The third kappa shape index (κ3) is 5.89. The van der Waals surface area contributed by atoms with E-state index in [-0.39, 0.29) is 0 Å². The highest BCUT2D eigenvalue weighted by Gasteiger charge is 2.59. The minimum Gasteiger partial charge on any atom is -0.417 e. The van der Waals surface area contributed by atoms with Crippen molar-refractivity contribution in [1.29, 1.82) is 0 Å². The number of rotatable bonds is 8. The lowest BCUT2D eigenvalue weighted by molar-refractivity contribution is -0.0954. The molecule has 0 bridgehead atoms. The van der Waals surface area contributed by atoms with Crippen molar-refractivity contribution in [3.05, 3.63) is 11.6 Å². The summed E-state index contributed by atoms with van der Waals surface area (Å²) in [6.45, 7) is 22.5. The van der Waals surface area contributed by atoms with Gasteiger partial charge in [0.2, 0.25) is 0 Å². The highest BCUT2D eigenvalue weighted by Crippen LogP contribution is 2.67. The van der Waals surface area contributed by atoms with Gasteiger partial charge in [0.25, 0.3) is 0 Å². The maximum Gasteiger partial charge on any atom is 0.191 e. The van der Waals surface area contributed by atoms with Gasteiger partial charge in [0.15, 0.2) is 8.32 Å². The van der Waals surface area contributed by atoms with E-state index in [1.54, 1.807) is 5.57 Å². The van der Waals surface area contributed by atoms with Crippen LogP contribution in [0.2, 0.25) is 18.1 Å². The van der Waals surface area contributed by atoms with Crippen molar-refractivity contribution < 1.29 is 13.9 Å². The van der Waals surface area contributed by atoms with Crippen molar-refractivity contribution >= 4 is 8.32 Å². The molecule has 5 aliphatic rings. The number of fused-ring (bicyclic) bond motifs is 5. The Morgan fingerprint density at radius 2 is 1.72 bits per heavy atom. The lowest BCUT2D eigenvalue weighted by Gasteiger charge is -2.58. The van der Waals surface area contributed by atoms with E-state index in [2.05, 4.69) is 60.7 Å². The van der Waals surface area contributed by atoms with Crippen LogP contribution in [0, 0.1) is 40.4 Å². The molecule has 8 atom stereocenters. The Kier molecular flexibility index (Phi) is 8.93. The topological polar surface area (TPSA) is 27.7 Å². The lowest BCUT2D eigenvalue weighted by Crippen LogP contribution is -2.51. The highest BCUT2D eigenvalue weighted by atomic mass is 28.4. The van der Waals surface area contributed by atoms with E-state index in [1.807, 2.05) is 0 Å². The third-order valence-corrected chi connectivity index (χ3v) is 18.0. The van der Waals surface area contributed by atoms with Crippen molar-refractivity contribution in [2.45, 2.75) is 149 Å². The highest BCUT2D eigenvalue weighted by molar-refractivity contribution is 6.74. The second-order valence-electron chi connectivity index (χ2n) is 16.5. The molecule has 224 valence electrons. The minimum atomic E-state index is -1.63. The number of allylic oxidation sites excluding steroid dienone is 1. The first-order chi connectivity index (χ1) is 18.3. The molecule has 0 amide bonds. The SMILES string of the molecule is C[C@H](CCCO[Si](C)(C)C(C)(C)C)[C@H]1CC[C@H]2[C@@H]3CC=C4CC(OC5CCOCC5)CC[C@]4(C)[C@H]3CC[C@]12C. The van der Waals surface area contributed by atoms with Crippen LogP contribution in [0.3, 0.4) is 0 Å². The first kappa shape index (κ1) is 30.3. The molecule has 0 aromatic heterocycles. The maximum absolute atomic E-state index is 6.64. The Morgan fingerprint density at radius 3 is 2.44 bits per heavy atom. The molecule has 4 heteroatoms. The quantitative estimate of drug-likeness (QED) is 0.169. The molecule has 1 unspecified atom stereocenters.